The fourth-order valence-electron chi connectivity index (χ4n) is 2.24. The van der Waals surface area contributed by atoms with Crippen LogP contribution < -0.4 is 0 Å². The van der Waals surface area contributed by atoms with E-state index >= 15 is 0 Å². The minimum atomic E-state index is -1.13. The Bertz CT molecular complexity index is 321. The third-order valence-electron chi connectivity index (χ3n) is 3.01. The molecule has 4 heteroatoms. The number of halogens is 1. The molecule has 0 bridgehead atoms. The molecule has 0 atom stereocenters. The Labute approximate surface area is 128 Å². The van der Waals surface area contributed by atoms with Gasteiger partial charge in [0, 0.05) is 0 Å². The number of hydrogen-bond acceptors (Lipinski definition) is 1. The van der Waals surface area contributed by atoms with Crippen molar-refractivity contribution in [2.24, 2.45) is 0 Å². The monoisotopic (exact) mass is 324 g/mol. The molecule has 0 amide bonds. The smallest absolute Gasteiger partial charge is 0.147 e. The number of rotatable bonds is 5. The summed E-state index contributed by atoms with van der Waals surface area (Å²) >= 11 is 0.216. The Morgan fingerprint density at radius 2 is 1.61 bits per heavy atom. The maximum Gasteiger partial charge on any atom is -0.147 e. The normalized spacial score (nSPS) is 15.9. The number of hydrogen-bond donors (Lipinski definition) is 0. The second-order valence-electron chi connectivity index (χ2n) is 6.38. The van der Waals surface area contributed by atoms with Crippen LogP contribution in [0.2, 0.25) is 19.6 Å². The average molecular weight is 325 g/mol. The van der Waals surface area contributed by atoms with E-state index in [0.29, 0.717) is 12.1 Å². The number of allylic oxidation sites excluding steroid dienone is 4. The Balaban J connectivity index is 0.00000289. The van der Waals surface area contributed by atoms with Crippen LogP contribution in [0.5, 0.6) is 0 Å². The van der Waals surface area contributed by atoms with Crippen LogP contribution in [0, 0.1) is 0 Å². The summed E-state index contributed by atoms with van der Waals surface area (Å²) in [5.74, 6) is 0. The van der Waals surface area contributed by atoms with Crippen molar-refractivity contribution in [1.29, 1.82) is 0 Å². The van der Waals surface area contributed by atoms with E-state index < -0.39 is 8.07 Å². The van der Waals surface area contributed by atoms with E-state index in [1.165, 1.54) is 6.42 Å². The SMILES string of the molecule is CC(C)[N]([V][C]1=C([Si](C)(C)C)C=CC1)C(C)C.Cl. The van der Waals surface area contributed by atoms with Crippen LogP contribution >= 0.6 is 12.4 Å². The molecular weight excluding hydrogens is 297 g/mol. The van der Waals surface area contributed by atoms with E-state index in [1.54, 1.807) is 9.48 Å². The van der Waals surface area contributed by atoms with Crippen molar-refractivity contribution in [2.45, 2.75) is 65.8 Å². The molecule has 0 unspecified atom stereocenters. The Morgan fingerprint density at radius 1 is 1.11 bits per heavy atom. The van der Waals surface area contributed by atoms with E-state index in [4.69, 9.17) is 0 Å². The maximum absolute atomic E-state index is 2.69. The molecule has 1 aliphatic carbocycles. The van der Waals surface area contributed by atoms with E-state index in [0.717, 1.165) is 0 Å². The van der Waals surface area contributed by atoms with Gasteiger partial charge in [-0.15, -0.1) is 12.4 Å². The minimum Gasteiger partial charge on any atom is -0.147 e. The van der Waals surface area contributed by atoms with Crippen molar-refractivity contribution in [2.75, 3.05) is 0 Å². The molecule has 105 valence electrons. The molecule has 1 rings (SSSR count). The molecule has 1 nitrogen and oxygen atoms in total. The van der Waals surface area contributed by atoms with Gasteiger partial charge in [-0.05, 0) is 0 Å². The summed E-state index contributed by atoms with van der Waals surface area (Å²) in [6.45, 7) is 16.7. The first-order valence-corrected chi connectivity index (χ1v) is 11.5. The molecule has 0 heterocycles. The van der Waals surface area contributed by atoms with Crippen LogP contribution in [0.25, 0.3) is 0 Å². The van der Waals surface area contributed by atoms with Gasteiger partial charge in [-0.1, -0.05) is 0 Å². The standard InChI is InChI=1S/C8H13Si.C6H14N.ClH.V/c1-9(2,3)8-6-4-5-7-8;1-5(2)7-6(3)4;;/h4,6H,5H2,1-3H3;5-6H,1-4H3;1H;/q;-1;;+1. The third-order valence-corrected chi connectivity index (χ3v) is 8.27. The Morgan fingerprint density at radius 3 is 2.00 bits per heavy atom. The second kappa shape index (κ2) is 7.35. The van der Waals surface area contributed by atoms with Crippen LogP contribution in [-0.4, -0.2) is 23.9 Å². The molecule has 0 fully saturated rings. The van der Waals surface area contributed by atoms with E-state index in [2.05, 4.69) is 63.2 Å². The summed E-state index contributed by atoms with van der Waals surface area (Å²) in [5, 5.41) is 1.73. The van der Waals surface area contributed by atoms with Crippen LogP contribution in [0.3, 0.4) is 0 Å². The van der Waals surface area contributed by atoms with Gasteiger partial charge < -0.3 is 0 Å². The third kappa shape index (κ3) is 4.90. The quantitative estimate of drug-likeness (QED) is 0.667. The molecule has 0 aromatic rings. The molecule has 0 saturated heterocycles. The minimum absolute atomic E-state index is 0. The summed E-state index contributed by atoms with van der Waals surface area (Å²) in [7, 11) is -1.13. The van der Waals surface area contributed by atoms with E-state index in [-0.39, 0.29) is 28.9 Å². The van der Waals surface area contributed by atoms with Gasteiger partial charge >= 0.3 is 116 Å². The van der Waals surface area contributed by atoms with Crippen molar-refractivity contribution in [3.63, 3.8) is 0 Å². The summed E-state index contributed by atoms with van der Waals surface area (Å²) in [6.07, 6.45) is 6.00. The van der Waals surface area contributed by atoms with E-state index in [9.17, 15) is 0 Å². The first-order chi connectivity index (χ1) is 7.73. The van der Waals surface area contributed by atoms with Crippen molar-refractivity contribution < 1.29 is 16.5 Å². The van der Waals surface area contributed by atoms with Crippen molar-refractivity contribution in [1.82, 2.24) is 3.75 Å². The van der Waals surface area contributed by atoms with Crippen LogP contribution in [0.1, 0.15) is 34.1 Å². The fraction of sp³-hybridized carbons (Fsp3) is 0.714. The maximum atomic E-state index is 2.69. The fourth-order valence-corrected chi connectivity index (χ4v) is 7.34. The van der Waals surface area contributed by atoms with Crippen molar-refractivity contribution >= 4 is 20.5 Å². The van der Waals surface area contributed by atoms with Crippen LogP contribution in [-0.2, 0) is 16.5 Å². The summed E-state index contributed by atoms with van der Waals surface area (Å²) in [6, 6.07) is 1.34. The number of nitrogens with zero attached hydrogens (tertiary/aromatic N) is 1. The van der Waals surface area contributed by atoms with Crippen molar-refractivity contribution in [3.05, 3.63) is 21.6 Å². The van der Waals surface area contributed by atoms with Crippen LogP contribution in [0.15, 0.2) is 21.6 Å². The molecule has 0 spiro atoms. The van der Waals surface area contributed by atoms with Gasteiger partial charge in [-0.25, -0.2) is 0 Å². The van der Waals surface area contributed by atoms with Crippen LogP contribution in [0.4, 0.5) is 0 Å². The average Bonchev–Trinajstić information content (AvgIpc) is 2.59. The predicted molar refractivity (Wildman–Crippen MR) is 83.5 cm³/mol. The zero-order valence-corrected chi connectivity index (χ0v) is 16.0. The molecule has 18 heavy (non-hydrogen) atoms. The Kier molecular flexibility index (Phi) is 7.57. The van der Waals surface area contributed by atoms with Gasteiger partial charge in [0.05, 0.1) is 0 Å². The van der Waals surface area contributed by atoms with Gasteiger partial charge in [0.1, 0.15) is 0 Å². The van der Waals surface area contributed by atoms with E-state index in [1.807, 2.05) is 0 Å². The van der Waals surface area contributed by atoms with Crippen molar-refractivity contribution in [3.8, 4) is 0 Å². The van der Waals surface area contributed by atoms with Gasteiger partial charge in [0.2, 0.25) is 0 Å². The molecule has 0 saturated carbocycles. The van der Waals surface area contributed by atoms with Gasteiger partial charge in [-0.2, -0.15) is 0 Å². The first-order valence-electron chi connectivity index (χ1n) is 6.63. The zero-order valence-electron chi connectivity index (χ0n) is 12.8. The van der Waals surface area contributed by atoms with Gasteiger partial charge in [0.15, 0.2) is 0 Å². The largest absolute Gasteiger partial charge is 0.147 e. The summed E-state index contributed by atoms with van der Waals surface area (Å²) in [4.78, 5) is 0. The Hall–Kier alpha value is 0.531. The topological polar surface area (TPSA) is 3.24 Å². The van der Waals surface area contributed by atoms with Gasteiger partial charge in [-0.3, -0.25) is 0 Å². The molecular formula is C14H28ClNSiV. The zero-order chi connectivity index (χ0) is 13.2. The molecule has 1 aliphatic rings. The second-order valence-corrected chi connectivity index (χ2v) is 13.3. The summed E-state index contributed by atoms with van der Waals surface area (Å²) < 4.78 is 4.46. The summed E-state index contributed by atoms with van der Waals surface area (Å²) in [5.41, 5.74) is 0. The molecule has 0 radical (unpaired) electrons. The molecule has 0 aromatic heterocycles. The predicted octanol–water partition coefficient (Wildman–Crippen LogP) is 4.62. The first kappa shape index (κ1) is 18.5. The molecule has 0 aromatic carbocycles. The molecule has 0 aliphatic heterocycles. The molecule has 0 N–H and O–H groups in total. The van der Waals surface area contributed by atoms with Gasteiger partial charge in [0.25, 0.3) is 0 Å².